The summed E-state index contributed by atoms with van der Waals surface area (Å²) < 4.78 is 10.8. The molecule has 33 heavy (non-hydrogen) atoms. The minimum atomic E-state index is -0.358. The van der Waals surface area contributed by atoms with Gasteiger partial charge in [0.15, 0.2) is 12.4 Å². The lowest BCUT2D eigenvalue weighted by molar-refractivity contribution is -0.149. The Morgan fingerprint density at radius 1 is 1.06 bits per heavy atom. The summed E-state index contributed by atoms with van der Waals surface area (Å²) >= 11 is 0. The molecule has 1 aliphatic heterocycles. The van der Waals surface area contributed by atoms with Gasteiger partial charge in [0.05, 0.1) is 19.6 Å². The molecular formula is C23H30N6O4. The number of nitrogen functional groups attached to an aromatic ring is 1. The van der Waals surface area contributed by atoms with Crippen molar-refractivity contribution in [2.24, 2.45) is 5.41 Å². The summed E-state index contributed by atoms with van der Waals surface area (Å²) in [5, 5.41) is 3.06. The minimum absolute atomic E-state index is 0.0397. The first kappa shape index (κ1) is 22.9. The van der Waals surface area contributed by atoms with E-state index in [0.29, 0.717) is 32.7 Å². The van der Waals surface area contributed by atoms with E-state index < -0.39 is 0 Å². The SMILES string of the molecule is Nc1nc(COC(=O)CC2(CC(=O)N3CCOCC3)CCCC2)nc(Nc2ccccc2)n1. The van der Waals surface area contributed by atoms with Gasteiger partial charge in [-0.25, -0.2) is 0 Å². The number of esters is 1. The maximum Gasteiger partial charge on any atom is 0.306 e. The second-order valence-electron chi connectivity index (χ2n) is 8.64. The number of carbonyl (C=O) groups is 2. The molecule has 2 heterocycles. The predicted molar refractivity (Wildman–Crippen MR) is 121 cm³/mol. The number of amides is 1. The summed E-state index contributed by atoms with van der Waals surface area (Å²) in [6, 6.07) is 9.43. The summed E-state index contributed by atoms with van der Waals surface area (Å²) in [5.74, 6) is 0.318. The van der Waals surface area contributed by atoms with E-state index in [1.807, 2.05) is 35.2 Å². The summed E-state index contributed by atoms with van der Waals surface area (Å²) in [6.07, 6.45) is 4.30. The number of aromatic nitrogens is 3. The monoisotopic (exact) mass is 454 g/mol. The van der Waals surface area contributed by atoms with Gasteiger partial charge in [0.1, 0.15) is 0 Å². The average molecular weight is 455 g/mol. The molecule has 1 saturated heterocycles. The molecular weight excluding hydrogens is 424 g/mol. The van der Waals surface area contributed by atoms with Crippen molar-refractivity contribution >= 4 is 29.5 Å². The van der Waals surface area contributed by atoms with Gasteiger partial charge in [0, 0.05) is 25.2 Å². The van der Waals surface area contributed by atoms with Crippen LogP contribution in [-0.4, -0.2) is 58.0 Å². The second kappa shape index (κ2) is 10.6. The van der Waals surface area contributed by atoms with Crippen molar-refractivity contribution in [1.29, 1.82) is 0 Å². The van der Waals surface area contributed by atoms with E-state index in [0.717, 1.165) is 31.4 Å². The summed E-state index contributed by atoms with van der Waals surface area (Å²) in [6.45, 7) is 2.25. The van der Waals surface area contributed by atoms with E-state index in [1.165, 1.54) is 0 Å². The van der Waals surface area contributed by atoms with Crippen LogP contribution in [0.2, 0.25) is 0 Å². The van der Waals surface area contributed by atoms with Gasteiger partial charge in [0.2, 0.25) is 17.8 Å². The largest absolute Gasteiger partial charge is 0.457 e. The first-order valence-corrected chi connectivity index (χ1v) is 11.4. The number of benzene rings is 1. The van der Waals surface area contributed by atoms with Gasteiger partial charge in [-0.3, -0.25) is 9.59 Å². The molecule has 176 valence electrons. The zero-order chi connectivity index (χ0) is 23.1. The first-order chi connectivity index (χ1) is 16.0. The lowest BCUT2D eigenvalue weighted by Gasteiger charge is -2.32. The molecule has 0 atom stereocenters. The van der Waals surface area contributed by atoms with Gasteiger partial charge in [-0.1, -0.05) is 31.0 Å². The number of carbonyl (C=O) groups excluding carboxylic acids is 2. The minimum Gasteiger partial charge on any atom is -0.457 e. The van der Waals surface area contributed by atoms with E-state index in [1.54, 1.807) is 0 Å². The fourth-order valence-corrected chi connectivity index (χ4v) is 4.50. The van der Waals surface area contributed by atoms with Crippen molar-refractivity contribution in [3.63, 3.8) is 0 Å². The molecule has 4 rings (SSSR count). The Labute approximate surface area is 192 Å². The maximum absolute atomic E-state index is 12.8. The fourth-order valence-electron chi connectivity index (χ4n) is 4.50. The number of nitrogens with one attached hydrogen (secondary N) is 1. The van der Waals surface area contributed by atoms with Crippen LogP contribution in [0.5, 0.6) is 0 Å². The average Bonchev–Trinajstić information content (AvgIpc) is 3.26. The molecule has 0 unspecified atom stereocenters. The van der Waals surface area contributed by atoms with Crippen LogP contribution in [0.4, 0.5) is 17.6 Å². The van der Waals surface area contributed by atoms with Crippen molar-refractivity contribution in [3.8, 4) is 0 Å². The van der Waals surface area contributed by atoms with E-state index >= 15 is 0 Å². The summed E-state index contributed by atoms with van der Waals surface area (Å²) in [5.41, 5.74) is 6.27. The van der Waals surface area contributed by atoms with Crippen molar-refractivity contribution in [2.75, 3.05) is 37.4 Å². The highest BCUT2D eigenvalue weighted by Crippen LogP contribution is 2.44. The highest BCUT2D eigenvalue weighted by atomic mass is 16.5. The van der Waals surface area contributed by atoms with Crippen LogP contribution in [0.25, 0.3) is 0 Å². The van der Waals surface area contributed by atoms with Crippen LogP contribution in [0, 0.1) is 5.41 Å². The van der Waals surface area contributed by atoms with Crippen molar-refractivity contribution in [3.05, 3.63) is 36.2 Å². The molecule has 3 N–H and O–H groups in total. The van der Waals surface area contributed by atoms with Crippen LogP contribution in [0.3, 0.4) is 0 Å². The topological polar surface area (TPSA) is 133 Å². The molecule has 1 aromatic heterocycles. The smallest absolute Gasteiger partial charge is 0.306 e. The van der Waals surface area contributed by atoms with E-state index in [9.17, 15) is 9.59 Å². The van der Waals surface area contributed by atoms with Gasteiger partial charge in [-0.2, -0.15) is 15.0 Å². The van der Waals surface area contributed by atoms with Crippen LogP contribution in [0.1, 0.15) is 44.3 Å². The Bertz CT molecular complexity index is 959. The van der Waals surface area contributed by atoms with Crippen molar-refractivity contribution in [1.82, 2.24) is 19.9 Å². The third kappa shape index (κ3) is 6.38. The van der Waals surface area contributed by atoms with Crippen LogP contribution >= 0.6 is 0 Å². The zero-order valence-corrected chi connectivity index (χ0v) is 18.7. The van der Waals surface area contributed by atoms with E-state index in [4.69, 9.17) is 15.2 Å². The van der Waals surface area contributed by atoms with Gasteiger partial charge >= 0.3 is 5.97 Å². The molecule has 1 aliphatic carbocycles. The number of hydrogen-bond acceptors (Lipinski definition) is 9. The molecule has 0 radical (unpaired) electrons. The van der Waals surface area contributed by atoms with Crippen LogP contribution in [0.15, 0.2) is 30.3 Å². The molecule has 0 spiro atoms. The molecule has 2 aliphatic rings. The van der Waals surface area contributed by atoms with E-state index in [-0.39, 0.29) is 48.0 Å². The third-order valence-corrected chi connectivity index (χ3v) is 6.16. The Morgan fingerprint density at radius 3 is 2.52 bits per heavy atom. The van der Waals surface area contributed by atoms with E-state index in [2.05, 4.69) is 20.3 Å². The third-order valence-electron chi connectivity index (χ3n) is 6.16. The summed E-state index contributed by atoms with van der Waals surface area (Å²) in [7, 11) is 0. The number of rotatable bonds is 8. The van der Waals surface area contributed by atoms with Crippen LogP contribution in [-0.2, 0) is 25.7 Å². The highest BCUT2D eigenvalue weighted by Gasteiger charge is 2.39. The molecule has 10 nitrogen and oxygen atoms in total. The number of nitrogens with zero attached hydrogens (tertiary/aromatic N) is 4. The highest BCUT2D eigenvalue weighted by molar-refractivity contribution is 5.78. The Hall–Kier alpha value is -3.27. The van der Waals surface area contributed by atoms with Crippen molar-refractivity contribution in [2.45, 2.75) is 45.1 Å². The van der Waals surface area contributed by atoms with Crippen LogP contribution < -0.4 is 11.1 Å². The normalized spacial score (nSPS) is 17.5. The number of morpholine rings is 1. The van der Waals surface area contributed by atoms with Gasteiger partial charge < -0.3 is 25.4 Å². The molecule has 2 aromatic rings. The fraction of sp³-hybridized carbons (Fsp3) is 0.522. The Kier molecular flexibility index (Phi) is 7.33. The number of ether oxygens (including phenoxy) is 2. The lowest BCUT2D eigenvalue weighted by atomic mass is 9.79. The number of anilines is 3. The molecule has 1 aromatic carbocycles. The Balaban J connectivity index is 1.34. The maximum atomic E-state index is 12.8. The molecule has 1 amide bonds. The predicted octanol–water partition coefficient (Wildman–Crippen LogP) is 2.44. The van der Waals surface area contributed by atoms with Gasteiger partial charge in [-0.05, 0) is 30.4 Å². The molecule has 0 bridgehead atoms. The quantitative estimate of drug-likeness (QED) is 0.577. The molecule has 10 heteroatoms. The zero-order valence-electron chi connectivity index (χ0n) is 18.7. The second-order valence-corrected chi connectivity index (χ2v) is 8.64. The van der Waals surface area contributed by atoms with Crippen molar-refractivity contribution < 1.29 is 19.1 Å². The number of nitrogens with two attached hydrogens (primary N) is 1. The summed E-state index contributed by atoms with van der Waals surface area (Å²) in [4.78, 5) is 39.8. The Morgan fingerprint density at radius 2 is 1.79 bits per heavy atom. The number of hydrogen-bond donors (Lipinski definition) is 2. The van der Waals surface area contributed by atoms with Gasteiger partial charge in [-0.15, -0.1) is 0 Å². The standard InChI is InChI=1S/C23H30N6O4/c24-21-26-18(27-22(28-21)25-17-6-2-1-3-7-17)16-33-20(31)15-23(8-4-5-9-23)14-19(30)29-10-12-32-13-11-29/h1-3,6-7H,4-5,8-16H2,(H3,24,25,26,27,28). The number of para-hydroxylation sites is 1. The first-order valence-electron chi connectivity index (χ1n) is 11.4. The molecule has 2 fully saturated rings. The molecule has 1 saturated carbocycles. The lowest BCUT2D eigenvalue weighted by Crippen LogP contribution is -2.43. The van der Waals surface area contributed by atoms with Gasteiger partial charge in [0.25, 0.3) is 0 Å².